The molecule has 2 aromatic carbocycles. The van der Waals surface area contributed by atoms with Crippen LogP contribution in [-0.2, 0) is 6.54 Å². The number of fused-ring (bicyclic) bond motifs is 2. The summed E-state index contributed by atoms with van der Waals surface area (Å²) < 4.78 is 14.1. The highest BCUT2D eigenvalue weighted by atomic mass is 19.2. The minimum absolute atomic E-state index is 0.289. The molecule has 3 rings (SSSR count). The number of hydrogen-bond donors (Lipinski definition) is 0. The molecule has 0 saturated heterocycles. The first kappa shape index (κ1) is 10.1. The van der Waals surface area contributed by atoms with Gasteiger partial charge in [0.1, 0.15) is 0 Å². The van der Waals surface area contributed by atoms with Crippen molar-refractivity contribution in [1.82, 2.24) is 0 Å². The fourth-order valence-electron chi connectivity index (χ4n) is 2.10. The fourth-order valence-corrected chi connectivity index (χ4v) is 2.10. The Balaban J connectivity index is 2.16. The molecule has 1 aliphatic rings. The lowest BCUT2D eigenvalue weighted by Crippen LogP contribution is -2.14. The number of para-hydroxylation sites is 1. The molecule has 0 bridgehead atoms. The molecule has 0 amide bonds. The standard InChI is InChI=1S/C15H12FN/c16-17-11-14-7-2-1-5-12(14)9-10-13-6-3-4-8-15(13)17/h1-10H,11H2/b10-9-. The van der Waals surface area contributed by atoms with Crippen molar-refractivity contribution in [3.8, 4) is 0 Å². The number of nitrogens with zero attached hydrogens (tertiary/aromatic N) is 1. The Morgan fingerprint density at radius 3 is 2.35 bits per heavy atom. The Morgan fingerprint density at radius 1 is 0.824 bits per heavy atom. The number of benzene rings is 2. The van der Waals surface area contributed by atoms with Crippen LogP contribution in [0.2, 0.25) is 0 Å². The molecular weight excluding hydrogens is 213 g/mol. The predicted octanol–water partition coefficient (Wildman–Crippen LogP) is 4.06. The van der Waals surface area contributed by atoms with E-state index in [0.29, 0.717) is 5.69 Å². The van der Waals surface area contributed by atoms with Gasteiger partial charge in [-0.15, -0.1) is 0 Å². The molecule has 0 aromatic heterocycles. The first-order valence-corrected chi connectivity index (χ1v) is 5.63. The van der Waals surface area contributed by atoms with Gasteiger partial charge < -0.3 is 0 Å². The molecule has 0 unspecified atom stereocenters. The van der Waals surface area contributed by atoms with E-state index in [1.165, 1.54) is 0 Å². The van der Waals surface area contributed by atoms with Gasteiger partial charge in [0, 0.05) is 5.56 Å². The molecule has 1 aliphatic heterocycles. The molecule has 0 saturated carbocycles. The zero-order valence-electron chi connectivity index (χ0n) is 9.31. The molecule has 1 heterocycles. The van der Waals surface area contributed by atoms with Gasteiger partial charge in [-0.25, -0.2) is 5.12 Å². The SMILES string of the molecule is FN1Cc2ccccc2/C=C\c2ccccc21. The maximum Gasteiger partial charge on any atom is 0.0764 e. The number of rotatable bonds is 0. The van der Waals surface area contributed by atoms with Gasteiger partial charge in [0.2, 0.25) is 0 Å². The first-order valence-electron chi connectivity index (χ1n) is 5.63. The van der Waals surface area contributed by atoms with E-state index in [-0.39, 0.29) is 6.54 Å². The van der Waals surface area contributed by atoms with Gasteiger partial charge in [0.25, 0.3) is 0 Å². The smallest absolute Gasteiger partial charge is 0.0764 e. The third-order valence-corrected chi connectivity index (χ3v) is 3.00. The minimum atomic E-state index is 0.289. The zero-order chi connectivity index (χ0) is 11.7. The maximum absolute atomic E-state index is 14.1. The molecule has 0 N–H and O–H groups in total. The van der Waals surface area contributed by atoms with Gasteiger partial charge in [-0.1, -0.05) is 59.1 Å². The molecule has 0 fully saturated rings. The molecule has 0 aliphatic carbocycles. The third kappa shape index (κ3) is 1.82. The molecule has 0 atom stereocenters. The normalized spacial score (nSPS) is 15.5. The van der Waals surface area contributed by atoms with Crippen molar-refractivity contribution in [3.63, 3.8) is 0 Å². The van der Waals surface area contributed by atoms with Crippen molar-refractivity contribution in [2.45, 2.75) is 6.54 Å². The largest absolute Gasteiger partial charge is 0.207 e. The Morgan fingerprint density at radius 2 is 1.47 bits per heavy atom. The van der Waals surface area contributed by atoms with E-state index < -0.39 is 0 Å². The Kier molecular flexibility index (Phi) is 2.41. The number of hydrogen-bond acceptors (Lipinski definition) is 1. The van der Waals surface area contributed by atoms with Crippen LogP contribution in [0, 0.1) is 0 Å². The first-order chi connectivity index (χ1) is 8.34. The van der Waals surface area contributed by atoms with Crippen LogP contribution >= 0.6 is 0 Å². The maximum atomic E-state index is 14.1. The highest BCUT2D eigenvalue weighted by Gasteiger charge is 2.13. The zero-order valence-corrected chi connectivity index (χ0v) is 9.31. The summed E-state index contributed by atoms with van der Waals surface area (Å²) in [5, 5.41) is 0.803. The lowest BCUT2D eigenvalue weighted by Gasteiger charge is -2.19. The van der Waals surface area contributed by atoms with E-state index in [1.54, 1.807) is 6.07 Å². The molecule has 2 aromatic rings. The average Bonchev–Trinajstić information content (AvgIpc) is 2.36. The Hall–Kier alpha value is -2.09. The van der Waals surface area contributed by atoms with Crippen LogP contribution in [0.4, 0.5) is 10.2 Å². The average molecular weight is 225 g/mol. The molecule has 84 valence electrons. The predicted molar refractivity (Wildman–Crippen MR) is 69.1 cm³/mol. The fraction of sp³-hybridized carbons (Fsp3) is 0.0667. The highest BCUT2D eigenvalue weighted by Crippen LogP contribution is 2.28. The van der Waals surface area contributed by atoms with E-state index in [9.17, 15) is 4.48 Å². The number of halogens is 1. The van der Waals surface area contributed by atoms with E-state index >= 15 is 0 Å². The number of anilines is 1. The van der Waals surface area contributed by atoms with Gasteiger partial charge in [0.05, 0.1) is 12.2 Å². The summed E-state index contributed by atoms with van der Waals surface area (Å²) in [7, 11) is 0. The van der Waals surface area contributed by atoms with Crippen LogP contribution in [0.25, 0.3) is 12.2 Å². The Labute approximate surface area is 99.7 Å². The topological polar surface area (TPSA) is 3.24 Å². The van der Waals surface area contributed by atoms with E-state index in [0.717, 1.165) is 21.8 Å². The molecule has 0 spiro atoms. The highest BCUT2D eigenvalue weighted by molar-refractivity contribution is 5.79. The minimum Gasteiger partial charge on any atom is -0.207 e. The summed E-state index contributed by atoms with van der Waals surface area (Å²) in [5.74, 6) is 0. The van der Waals surface area contributed by atoms with Crippen LogP contribution in [0.1, 0.15) is 16.7 Å². The van der Waals surface area contributed by atoms with Gasteiger partial charge in [-0.3, -0.25) is 0 Å². The molecule has 0 radical (unpaired) electrons. The van der Waals surface area contributed by atoms with Crippen molar-refractivity contribution in [1.29, 1.82) is 0 Å². The van der Waals surface area contributed by atoms with Gasteiger partial charge in [0.15, 0.2) is 0 Å². The second-order valence-electron chi connectivity index (χ2n) is 4.11. The second kappa shape index (κ2) is 4.06. The van der Waals surface area contributed by atoms with Crippen molar-refractivity contribution < 1.29 is 4.48 Å². The summed E-state index contributed by atoms with van der Waals surface area (Å²) in [6, 6.07) is 15.4. The molecular formula is C15H12FN. The second-order valence-corrected chi connectivity index (χ2v) is 4.11. The van der Waals surface area contributed by atoms with E-state index in [4.69, 9.17) is 0 Å². The summed E-state index contributed by atoms with van der Waals surface area (Å²) in [4.78, 5) is 0. The van der Waals surface area contributed by atoms with Gasteiger partial charge in [-0.2, -0.15) is 0 Å². The third-order valence-electron chi connectivity index (χ3n) is 3.00. The van der Waals surface area contributed by atoms with Crippen LogP contribution in [0.5, 0.6) is 0 Å². The Bertz CT molecular complexity index is 575. The molecule has 1 nitrogen and oxygen atoms in total. The molecule has 2 heteroatoms. The van der Waals surface area contributed by atoms with E-state index in [2.05, 4.69) is 0 Å². The summed E-state index contributed by atoms with van der Waals surface area (Å²) in [6.07, 6.45) is 4.00. The quantitative estimate of drug-likeness (QED) is 0.611. The summed E-state index contributed by atoms with van der Waals surface area (Å²) in [5.41, 5.74) is 3.60. The van der Waals surface area contributed by atoms with Crippen LogP contribution < -0.4 is 5.12 Å². The van der Waals surface area contributed by atoms with Crippen molar-refractivity contribution in [3.05, 3.63) is 65.2 Å². The van der Waals surface area contributed by atoms with Crippen molar-refractivity contribution >= 4 is 17.8 Å². The van der Waals surface area contributed by atoms with Gasteiger partial charge in [-0.05, 0) is 17.2 Å². The van der Waals surface area contributed by atoms with Crippen molar-refractivity contribution in [2.24, 2.45) is 0 Å². The van der Waals surface area contributed by atoms with Crippen LogP contribution in [0.15, 0.2) is 48.5 Å². The lowest BCUT2D eigenvalue weighted by molar-refractivity contribution is 0.429. The summed E-state index contributed by atoms with van der Waals surface area (Å²) in [6.45, 7) is 0.289. The lowest BCUT2D eigenvalue weighted by atomic mass is 10.0. The monoisotopic (exact) mass is 225 g/mol. The van der Waals surface area contributed by atoms with Crippen LogP contribution in [0.3, 0.4) is 0 Å². The molecule has 17 heavy (non-hydrogen) atoms. The van der Waals surface area contributed by atoms with Gasteiger partial charge >= 0.3 is 0 Å². The summed E-state index contributed by atoms with van der Waals surface area (Å²) >= 11 is 0. The van der Waals surface area contributed by atoms with Crippen molar-refractivity contribution in [2.75, 3.05) is 5.12 Å². The van der Waals surface area contributed by atoms with E-state index in [1.807, 2.05) is 54.6 Å². The van der Waals surface area contributed by atoms with Crippen LogP contribution in [-0.4, -0.2) is 0 Å².